The topological polar surface area (TPSA) is 71.3 Å². The summed E-state index contributed by atoms with van der Waals surface area (Å²) >= 11 is 0. The summed E-state index contributed by atoms with van der Waals surface area (Å²) in [6.45, 7) is 3.06. The molecule has 1 aromatic heterocycles. The predicted molar refractivity (Wildman–Crippen MR) is 66.4 cm³/mol. The highest BCUT2D eigenvalue weighted by Crippen LogP contribution is 2.45. The molecule has 0 atom stereocenters. The van der Waals surface area contributed by atoms with Crippen LogP contribution in [0.2, 0.25) is 0 Å². The fourth-order valence-electron chi connectivity index (χ4n) is 2.01. The first kappa shape index (κ1) is 12.7. The van der Waals surface area contributed by atoms with Gasteiger partial charge < -0.3 is 15.0 Å². The summed E-state index contributed by atoms with van der Waals surface area (Å²) in [6.07, 6.45) is 4.12. The SMILES string of the molecule is CCCn1cccc1C(=O)NCC1(C(=O)O)CC1. The zero-order valence-corrected chi connectivity index (χ0v) is 10.5. The lowest BCUT2D eigenvalue weighted by molar-refractivity contribution is -0.143. The van der Waals surface area contributed by atoms with Crippen molar-refractivity contribution in [3.8, 4) is 0 Å². The average molecular weight is 250 g/mol. The van der Waals surface area contributed by atoms with E-state index in [2.05, 4.69) is 5.32 Å². The largest absolute Gasteiger partial charge is 0.481 e. The fraction of sp³-hybridized carbons (Fsp3) is 0.538. The lowest BCUT2D eigenvalue weighted by Gasteiger charge is -2.12. The Kier molecular flexibility index (Phi) is 3.41. The van der Waals surface area contributed by atoms with Crippen LogP contribution < -0.4 is 5.32 Å². The van der Waals surface area contributed by atoms with E-state index in [0.29, 0.717) is 18.5 Å². The van der Waals surface area contributed by atoms with Crippen molar-refractivity contribution >= 4 is 11.9 Å². The molecule has 1 fully saturated rings. The molecule has 0 unspecified atom stereocenters. The van der Waals surface area contributed by atoms with Gasteiger partial charge in [0.05, 0.1) is 5.41 Å². The zero-order valence-electron chi connectivity index (χ0n) is 10.5. The molecule has 18 heavy (non-hydrogen) atoms. The molecule has 1 aliphatic rings. The molecule has 0 aromatic carbocycles. The summed E-state index contributed by atoms with van der Waals surface area (Å²) in [4.78, 5) is 23.0. The fourth-order valence-corrected chi connectivity index (χ4v) is 2.01. The molecule has 0 spiro atoms. The summed E-state index contributed by atoms with van der Waals surface area (Å²) in [7, 11) is 0. The Morgan fingerprint density at radius 3 is 2.78 bits per heavy atom. The Morgan fingerprint density at radius 2 is 2.22 bits per heavy atom. The zero-order chi connectivity index (χ0) is 13.2. The summed E-state index contributed by atoms with van der Waals surface area (Å²) in [5.74, 6) is -1.01. The third kappa shape index (κ3) is 2.39. The number of nitrogens with one attached hydrogen (secondary N) is 1. The highest BCUT2D eigenvalue weighted by atomic mass is 16.4. The van der Waals surface area contributed by atoms with E-state index in [1.165, 1.54) is 0 Å². The number of carbonyl (C=O) groups excluding carboxylic acids is 1. The Morgan fingerprint density at radius 1 is 1.50 bits per heavy atom. The van der Waals surface area contributed by atoms with Gasteiger partial charge >= 0.3 is 5.97 Å². The molecule has 1 aromatic rings. The lowest BCUT2D eigenvalue weighted by Crippen LogP contribution is -2.35. The van der Waals surface area contributed by atoms with Crippen LogP contribution in [-0.4, -0.2) is 28.1 Å². The van der Waals surface area contributed by atoms with Crippen LogP contribution >= 0.6 is 0 Å². The van der Waals surface area contributed by atoms with E-state index < -0.39 is 11.4 Å². The highest BCUT2D eigenvalue weighted by Gasteiger charge is 2.50. The van der Waals surface area contributed by atoms with Gasteiger partial charge in [0.15, 0.2) is 0 Å². The second kappa shape index (κ2) is 4.84. The van der Waals surface area contributed by atoms with E-state index >= 15 is 0 Å². The van der Waals surface area contributed by atoms with E-state index in [4.69, 9.17) is 5.11 Å². The molecule has 1 aliphatic carbocycles. The monoisotopic (exact) mass is 250 g/mol. The van der Waals surface area contributed by atoms with Gasteiger partial charge in [0.25, 0.3) is 5.91 Å². The molecular formula is C13H18N2O3. The molecule has 2 rings (SSSR count). The number of rotatable bonds is 6. The number of carbonyl (C=O) groups is 2. The number of aliphatic carboxylic acids is 1. The number of hydrogen-bond donors (Lipinski definition) is 2. The standard InChI is InChI=1S/C13H18N2O3/c1-2-7-15-8-3-4-10(15)11(16)14-9-13(5-6-13)12(17)18/h3-4,8H,2,5-7,9H2,1H3,(H,14,16)(H,17,18). The van der Waals surface area contributed by atoms with E-state index in [0.717, 1.165) is 13.0 Å². The van der Waals surface area contributed by atoms with Gasteiger partial charge in [0, 0.05) is 19.3 Å². The second-order valence-corrected chi connectivity index (χ2v) is 4.85. The average Bonchev–Trinajstić information content (AvgIpc) is 3.00. The summed E-state index contributed by atoms with van der Waals surface area (Å²) < 4.78 is 1.88. The van der Waals surface area contributed by atoms with Crippen molar-refractivity contribution in [2.45, 2.75) is 32.7 Å². The first-order valence-electron chi connectivity index (χ1n) is 6.26. The maximum absolute atomic E-state index is 12.0. The molecule has 0 aliphatic heterocycles. The molecule has 1 heterocycles. The highest BCUT2D eigenvalue weighted by molar-refractivity contribution is 5.93. The minimum atomic E-state index is -0.813. The van der Waals surface area contributed by atoms with Crippen LogP contribution in [0.5, 0.6) is 0 Å². The normalized spacial score (nSPS) is 16.3. The van der Waals surface area contributed by atoms with Crippen LogP contribution in [0, 0.1) is 5.41 Å². The van der Waals surface area contributed by atoms with Crippen molar-refractivity contribution in [3.05, 3.63) is 24.0 Å². The molecule has 5 heteroatoms. The molecular weight excluding hydrogens is 232 g/mol. The Labute approximate surface area is 106 Å². The van der Waals surface area contributed by atoms with Gasteiger partial charge in [-0.3, -0.25) is 9.59 Å². The molecule has 0 radical (unpaired) electrons. The molecule has 2 N–H and O–H groups in total. The Hall–Kier alpha value is -1.78. The van der Waals surface area contributed by atoms with Crippen LogP contribution in [-0.2, 0) is 11.3 Å². The molecule has 1 saturated carbocycles. The maximum atomic E-state index is 12.0. The molecule has 98 valence electrons. The van der Waals surface area contributed by atoms with Gasteiger partial charge in [-0.1, -0.05) is 6.92 Å². The number of carboxylic acids is 1. The van der Waals surface area contributed by atoms with Gasteiger partial charge in [0.2, 0.25) is 0 Å². The van der Waals surface area contributed by atoms with Gasteiger partial charge in [0.1, 0.15) is 5.69 Å². The predicted octanol–water partition coefficient (Wildman–Crippen LogP) is 1.49. The van der Waals surface area contributed by atoms with Crippen molar-refractivity contribution in [2.75, 3.05) is 6.54 Å². The van der Waals surface area contributed by atoms with Crippen LogP contribution in [0.15, 0.2) is 18.3 Å². The first-order chi connectivity index (χ1) is 8.59. The van der Waals surface area contributed by atoms with E-state index in [9.17, 15) is 9.59 Å². The summed E-state index contributed by atoms with van der Waals surface area (Å²) in [5.41, 5.74) is -0.115. The van der Waals surface area contributed by atoms with Gasteiger partial charge in [-0.2, -0.15) is 0 Å². The number of hydrogen-bond acceptors (Lipinski definition) is 2. The minimum absolute atomic E-state index is 0.194. The van der Waals surface area contributed by atoms with Crippen molar-refractivity contribution in [2.24, 2.45) is 5.41 Å². The van der Waals surface area contributed by atoms with E-state index in [1.54, 1.807) is 6.07 Å². The quantitative estimate of drug-likeness (QED) is 0.803. The molecule has 1 amide bonds. The van der Waals surface area contributed by atoms with Crippen LogP contribution in [0.3, 0.4) is 0 Å². The number of amides is 1. The van der Waals surface area contributed by atoms with Crippen molar-refractivity contribution in [3.63, 3.8) is 0 Å². The number of aromatic nitrogens is 1. The van der Waals surface area contributed by atoms with Crippen LogP contribution in [0.1, 0.15) is 36.7 Å². The van der Waals surface area contributed by atoms with Crippen LogP contribution in [0.4, 0.5) is 0 Å². The Bertz CT molecular complexity index is 461. The summed E-state index contributed by atoms with van der Waals surface area (Å²) in [5, 5.41) is 11.8. The maximum Gasteiger partial charge on any atom is 0.311 e. The first-order valence-corrected chi connectivity index (χ1v) is 6.26. The second-order valence-electron chi connectivity index (χ2n) is 4.85. The molecule has 5 nitrogen and oxygen atoms in total. The lowest BCUT2D eigenvalue weighted by atomic mass is 10.1. The van der Waals surface area contributed by atoms with Gasteiger partial charge in [-0.15, -0.1) is 0 Å². The number of aryl methyl sites for hydroxylation is 1. The van der Waals surface area contributed by atoms with Crippen LogP contribution in [0.25, 0.3) is 0 Å². The Balaban J connectivity index is 1.96. The molecule has 0 bridgehead atoms. The summed E-state index contributed by atoms with van der Waals surface area (Å²) in [6, 6.07) is 3.58. The number of nitrogens with zero attached hydrogens (tertiary/aromatic N) is 1. The third-order valence-electron chi connectivity index (χ3n) is 3.42. The van der Waals surface area contributed by atoms with Gasteiger partial charge in [-0.05, 0) is 31.4 Å². The van der Waals surface area contributed by atoms with E-state index in [1.807, 2.05) is 23.8 Å². The van der Waals surface area contributed by atoms with Crippen molar-refractivity contribution in [1.82, 2.24) is 9.88 Å². The number of carboxylic acid groups (broad SMARTS) is 1. The van der Waals surface area contributed by atoms with E-state index in [-0.39, 0.29) is 12.5 Å². The minimum Gasteiger partial charge on any atom is -0.481 e. The van der Waals surface area contributed by atoms with Gasteiger partial charge in [-0.25, -0.2) is 0 Å². The van der Waals surface area contributed by atoms with Crippen molar-refractivity contribution in [1.29, 1.82) is 0 Å². The van der Waals surface area contributed by atoms with Crippen molar-refractivity contribution < 1.29 is 14.7 Å². The molecule has 0 saturated heterocycles. The third-order valence-corrected chi connectivity index (χ3v) is 3.42. The smallest absolute Gasteiger partial charge is 0.311 e.